The van der Waals surface area contributed by atoms with Gasteiger partial charge in [0.05, 0.1) is 5.45 Å². The Kier molecular flexibility index (Phi) is 4.07. The van der Waals surface area contributed by atoms with E-state index in [4.69, 9.17) is 9.47 Å². The number of fused-ring (bicyclic) bond motifs is 1. The molecular formula is C12H16BrNO2. The first kappa shape index (κ1) is 11.7. The van der Waals surface area contributed by atoms with Gasteiger partial charge in [0.25, 0.3) is 0 Å². The highest BCUT2D eigenvalue weighted by molar-refractivity contribution is 9.09. The summed E-state index contributed by atoms with van der Waals surface area (Å²) in [6, 6.07) is 6.18. The van der Waals surface area contributed by atoms with Crippen molar-refractivity contribution in [1.82, 2.24) is 4.90 Å². The summed E-state index contributed by atoms with van der Waals surface area (Å²) >= 11 is 3.43. The van der Waals surface area contributed by atoms with E-state index in [1.807, 2.05) is 6.07 Å². The highest BCUT2D eigenvalue weighted by Crippen LogP contribution is 2.30. The van der Waals surface area contributed by atoms with Crippen molar-refractivity contribution < 1.29 is 9.47 Å². The molecule has 1 aliphatic rings. The summed E-state index contributed by atoms with van der Waals surface area (Å²) in [6.45, 7) is 2.33. The first-order chi connectivity index (χ1) is 7.79. The Balaban J connectivity index is 2.00. The van der Waals surface area contributed by atoms with E-state index in [0.717, 1.165) is 29.9 Å². The molecule has 16 heavy (non-hydrogen) atoms. The van der Waals surface area contributed by atoms with Crippen molar-refractivity contribution in [3.05, 3.63) is 23.8 Å². The Morgan fingerprint density at radius 2 is 2.00 bits per heavy atom. The highest BCUT2D eigenvalue weighted by Gasteiger charge is 2.11. The molecule has 0 unspecified atom stereocenters. The molecule has 1 aromatic rings. The molecule has 0 saturated carbocycles. The van der Waals surface area contributed by atoms with Crippen molar-refractivity contribution >= 4 is 15.9 Å². The number of rotatable bonds is 4. The van der Waals surface area contributed by atoms with Gasteiger partial charge in [-0.25, -0.2) is 0 Å². The van der Waals surface area contributed by atoms with Crippen LogP contribution in [0.2, 0.25) is 0 Å². The lowest BCUT2D eigenvalue weighted by Gasteiger charge is -2.19. The minimum atomic E-state index is 0.651. The molecule has 0 bridgehead atoms. The fraction of sp³-hybridized carbons (Fsp3) is 0.500. The molecule has 4 heteroatoms. The van der Waals surface area contributed by atoms with E-state index < -0.39 is 0 Å². The Morgan fingerprint density at radius 3 is 2.75 bits per heavy atom. The number of alkyl halides is 1. The lowest BCUT2D eigenvalue weighted by atomic mass is 10.1. The van der Waals surface area contributed by atoms with Crippen LogP contribution in [0.4, 0.5) is 0 Å². The monoisotopic (exact) mass is 285 g/mol. The van der Waals surface area contributed by atoms with Gasteiger partial charge in [-0.2, -0.15) is 0 Å². The van der Waals surface area contributed by atoms with Gasteiger partial charge < -0.3 is 9.47 Å². The van der Waals surface area contributed by atoms with Crippen molar-refractivity contribution in [3.63, 3.8) is 0 Å². The normalized spacial score (nSPS) is 14.2. The van der Waals surface area contributed by atoms with Crippen LogP contribution in [0.15, 0.2) is 18.2 Å². The molecule has 1 heterocycles. The Bertz CT molecular complexity index is 357. The van der Waals surface area contributed by atoms with Gasteiger partial charge in [0.15, 0.2) is 11.5 Å². The van der Waals surface area contributed by atoms with Crippen LogP contribution in [0, 0.1) is 0 Å². The molecular weight excluding hydrogens is 270 g/mol. The van der Waals surface area contributed by atoms with Crippen molar-refractivity contribution in [2.75, 3.05) is 32.3 Å². The lowest BCUT2D eigenvalue weighted by Crippen LogP contribution is -2.19. The van der Waals surface area contributed by atoms with Crippen LogP contribution >= 0.6 is 15.9 Å². The zero-order valence-electron chi connectivity index (χ0n) is 9.41. The molecule has 0 saturated heterocycles. The summed E-state index contributed by atoms with van der Waals surface area (Å²) in [4.78, 5) is 2.22. The molecule has 0 aliphatic carbocycles. The molecule has 1 aromatic carbocycles. The van der Waals surface area contributed by atoms with Gasteiger partial charge in [0.1, 0.15) is 13.2 Å². The van der Waals surface area contributed by atoms with E-state index in [9.17, 15) is 0 Å². The number of ether oxygens (including phenoxy) is 2. The predicted octanol–water partition coefficient (Wildman–Crippen LogP) is 2.28. The average molecular weight is 286 g/mol. The van der Waals surface area contributed by atoms with Crippen LogP contribution in [0.25, 0.3) is 0 Å². The van der Waals surface area contributed by atoms with E-state index in [-0.39, 0.29) is 0 Å². The summed E-state index contributed by atoms with van der Waals surface area (Å²) < 4.78 is 11.0. The zero-order valence-corrected chi connectivity index (χ0v) is 11.0. The van der Waals surface area contributed by atoms with Crippen molar-refractivity contribution in [3.8, 4) is 11.5 Å². The average Bonchev–Trinajstić information content (AvgIpc) is 2.35. The van der Waals surface area contributed by atoms with Gasteiger partial charge in [0, 0.05) is 6.54 Å². The molecule has 88 valence electrons. The van der Waals surface area contributed by atoms with Crippen LogP contribution in [-0.4, -0.2) is 37.2 Å². The molecule has 0 spiro atoms. The van der Waals surface area contributed by atoms with Gasteiger partial charge in [-0.15, -0.1) is 0 Å². The molecule has 0 fully saturated rings. The SMILES string of the molecule is CN(CBr)CCc1ccc2c(c1)OCCO2. The number of benzene rings is 1. The van der Waals surface area contributed by atoms with Crippen LogP contribution < -0.4 is 9.47 Å². The molecule has 0 radical (unpaired) electrons. The number of hydrogen-bond donors (Lipinski definition) is 0. The van der Waals surface area contributed by atoms with E-state index in [1.165, 1.54) is 5.56 Å². The minimum Gasteiger partial charge on any atom is -0.486 e. The predicted molar refractivity (Wildman–Crippen MR) is 67.6 cm³/mol. The van der Waals surface area contributed by atoms with Crippen molar-refractivity contribution in [2.24, 2.45) is 0 Å². The standard InChI is InChI=1S/C12H16BrNO2/c1-14(9-13)5-4-10-2-3-11-12(8-10)16-7-6-15-11/h2-3,8H,4-7,9H2,1H3. The zero-order chi connectivity index (χ0) is 11.4. The molecule has 0 N–H and O–H groups in total. The second-order valence-corrected chi connectivity index (χ2v) is 4.43. The summed E-state index contributed by atoms with van der Waals surface area (Å²) in [6.07, 6.45) is 1.03. The lowest BCUT2D eigenvalue weighted by molar-refractivity contribution is 0.171. The summed E-state index contributed by atoms with van der Waals surface area (Å²) in [5.74, 6) is 1.74. The smallest absolute Gasteiger partial charge is 0.161 e. The highest BCUT2D eigenvalue weighted by atomic mass is 79.9. The maximum Gasteiger partial charge on any atom is 0.161 e. The maximum absolute atomic E-state index is 5.55. The first-order valence-corrected chi connectivity index (χ1v) is 6.55. The molecule has 0 aromatic heterocycles. The summed E-state index contributed by atoms with van der Waals surface area (Å²) in [7, 11) is 2.09. The van der Waals surface area contributed by atoms with Crippen molar-refractivity contribution in [2.45, 2.75) is 6.42 Å². The van der Waals surface area contributed by atoms with Crippen LogP contribution in [0.3, 0.4) is 0 Å². The summed E-state index contributed by atoms with van der Waals surface area (Å²) in [5.41, 5.74) is 2.19. The largest absolute Gasteiger partial charge is 0.486 e. The Hall–Kier alpha value is -0.740. The van der Waals surface area contributed by atoms with E-state index in [1.54, 1.807) is 0 Å². The van der Waals surface area contributed by atoms with Crippen molar-refractivity contribution in [1.29, 1.82) is 0 Å². The summed E-state index contributed by atoms with van der Waals surface area (Å²) in [5, 5.41) is 0. The fourth-order valence-electron chi connectivity index (χ4n) is 1.62. The third-order valence-electron chi connectivity index (χ3n) is 2.59. The molecule has 1 aliphatic heterocycles. The molecule has 3 nitrogen and oxygen atoms in total. The molecule has 0 amide bonds. The topological polar surface area (TPSA) is 21.7 Å². The van der Waals surface area contributed by atoms with Crippen LogP contribution in [0.5, 0.6) is 11.5 Å². The Morgan fingerprint density at radius 1 is 1.25 bits per heavy atom. The van der Waals surface area contributed by atoms with E-state index in [2.05, 4.69) is 40.0 Å². The van der Waals surface area contributed by atoms with Gasteiger partial charge in [-0.05, 0) is 31.2 Å². The van der Waals surface area contributed by atoms with Gasteiger partial charge in [0.2, 0.25) is 0 Å². The number of nitrogens with zero attached hydrogens (tertiary/aromatic N) is 1. The number of likely N-dealkylation sites (N-methyl/N-ethyl adjacent to an activating group) is 1. The third-order valence-corrected chi connectivity index (χ3v) is 3.45. The van der Waals surface area contributed by atoms with Crippen LogP contribution in [-0.2, 0) is 6.42 Å². The maximum atomic E-state index is 5.55. The van der Waals surface area contributed by atoms with Gasteiger partial charge >= 0.3 is 0 Å². The fourth-order valence-corrected chi connectivity index (χ4v) is 1.87. The number of halogens is 1. The second-order valence-electron chi connectivity index (χ2n) is 3.93. The molecule has 2 rings (SSSR count). The van der Waals surface area contributed by atoms with E-state index in [0.29, 0.717) is 13.2 Å². The quantitative estimate of drug-likeness (QED) is 0.626. The minimum absolute atomic E-state index is 0.651. The number of hydrogen-bond acceptors (Lipinski definition) is 3. The third kappa shape index (κ3) is 2.89. The second kappa shape index (κ2) is 5.55. The van der Waals surface area contributed by atoms with Gasteiger partial charge in [-0.3, -0.25) is 4.90 Å². The van der Waals surface area contributed by atoms with Crippen LogP contribution in [0.1, 0.15) is 5.56 Å². The molecule has 0 atom stereocenters. The first-order valence-electron chi connectivity index (χ1n) is 5.42. The van der Waals surface area contributed by atoms with Gasteiger partial charge in [-0.1, -0.05) is 22.0 Å². The van der Waals surface area contributed by atoms with E-state index >= 15 is 0 Å². The Labute approximate surface area is 104 Å².